The van der Waals surface area contributed by atoms with Gasteiger partial charge < -0.3 is 10.4 Å². The molecule has 1 aromatic heterocycles. The predicted molar refractivity (Wildman–Crippen MR) is 80.6 cm³/mol. The average molecular weight is 299 g/mol. The fourth-order valence-electron chi connectivity index (χ4n) is 2.59. The van der Waals surface area contributed by atoms with Crippen molar-refractivity contribution in [3.05, 3.63) is 17.5 Å². The van der Waals surface area contributed by atoms with E-state index in [4.69, 9.17) is 0 Å². The van der Waals surface area contributed by atoms with E-state index in [2.05, 4.69) is 12.2 Å². The van der Waals surface area contributed by atoms with E-state index in [1.54, 1.807) is 23.1 Å². The molecule has 1 amide bonds. The summed E-state index contributed by atoms with van der Waals surface area (Å²) in [6, 6.07) is 4.00. The van der Waals surface area contributed by atoms with Gasteiger partial charge in [0.1, 0.15) is 0 Å². The molecule has 1 heterocycles. The Labute approximate surface area is 122 Å². The Kier molecular flexibility index (Phi) is 5.30. The van der Waals surface area contributed by atoms with Crippen molar-refractivity contribution in [1.29, 1.82) is 0 Å². The maximum Gasteiger partial charge on any atom is 0.230 e. The summed E-state index contributed by atoms with van der Waals surface area (Å²) in [5.41, 5.74) is -0.694. The highest BCUT2D eigenvalue weighted by molar-refractivity contribution is 8.01. The molecule has 5 heteroatoms. The van der Waals surface area contributed by atoms with Crippen molar-refractivity contribution in [1.82, 2.24) is 5.32 Å². The SMILES string of the molecule is CC1CCCC(O)(CNC(=O)CSc2cccs2)C1. The number of nitrogens with one attached hydrogen (secondary N) is 1. The number of carbonyl (C=O) groups is 1. The second-order valence-corrected chi connectivity index (χ2v) is 7.65. The molecule has 1 aliphatic carbocycles. The standard InChI is InChI=1S/C14H21NO2S2/c1-11-4-2-6-14(17,8-11)10-15-12(16)9-19-13-5-3-7-18-13/h3,5,7,11,17H,2,4,6,8-10H2,1H3,(H,15,16). The number of rotatable bonds is 5. The molecule has 0 saturated heterocycles. The third-order valence-electron chi connectivity index (χ3n) is 3.52. The van der Waals surface area contributed by atoms with Crippen LogP contribution in [0.1, 0.15) is 32.6 Å². The van der Waals surface area contributed by atoms with Crippen molar-refractivity contribution in [2.45, 2.75) is 42.4 Å². The Morgan fingerprint density at radius 3 is 3.21 bits per heavy atom. The minimum Gasteiger partial charge on any atom is -0.388 e. The highest BCUT2D eigenvalue weighted by Crippen LogP contribution is 2.31. The first-order chi connectivity index (χ1) is 9.07. The molecule has 2 N–H and O–H groups in total. The fourth-order valence-corrected chi connectivity index (χ4v) is 4.20. The number of aliphatic hydroxyl groups is 1. The molecule has 0 bridgehead atoms. The molecule has 1 aromatic rings. The van der Waals surface area contributed by atoms with Gasteiger partial charge in [0.2, 0.25) is 5.91 Å². The second-order valence-electron chi connectivity index (χ2n) is 5.42. The number of amides is 1. The second kappa shape index (κ2) is 6.77. The zero-order valence-corrected chi connectivity index (χ0v) is 12.9. The molecule has 0 radical (unpaired) electrons. The van der Waals surface area contributed by atoms with Crippen LogP contribution in [0.5, 0.6) is 0 Å². The molecule has 2 atom stereocenters. The molecule has 106 valence electrons. The minimum atomic E-state index is -0.694. The van der Waals surface area contributed by atoms with Crippen molar-refractivity contribution < 1.29 is 9.90 Å². The lowest BCUT2D eigenvalue weighted by Crippen LogP contribution is -2.46. The summed E-state index contributed by atoms with van der Waals surface area (Å²) in [5, 5.41) is 15.3. The maximum absolute atomic E-state index is 11.8. The lowest BCUT2D eigenvalue weighted by molar-refractivity contribution is -0.120. The summed E-state index contributed by atoms with van der Waals surface area (Å²) in [7, 11) is 0. The molecule has 19 heavy (non-hydrogen) atoms. The largest absolute Gasteiger partial charge is 0.388 e. The van der Waals surface area contributed by atoms with Gasteiger partial charge in [-0.2, -0.15) is 0 Å². The van der Waals surface area contributed by atoms with Crippen molar-refractivity contribution >= 4 is 29.0 Å². The summed E-state index contributed by atoms with van der Waals surface area (Å²) in [5.74, 6) is 0.979. The van der Waals surface area contributed by atoms with E-state index >= 15 is 0 Å². The molecular formula is C14H21NO2S2. The zero-order chi connectivity index (χ0) is 13.7. The van der Waals surface area contributed by atoms with Gasteiger partial charge in [-0.25, -0.2) is 0 Å². The first kappa shape index (κ1) is 14.9. The zero-order valence-electron chi connectivity index (χ0n) is 11.2. The Hall–Kier alpha value is -0.520. The van der Waals surface area contributed by atoms with E-state index < -0.39 is 5.60 Å². The van der Waals surface area contributed by atoms with Gasteiger partial charge in [0.15, 0.2) is 0 Å². The van der Waals surface area contributed by atoms with Gasteiger partial charge in [-0.15, -0.1) is 23.1 Å². The van der Waals surface area contributed by atoms with Crippen LogP contribution >= 0.6 is 23.1 Å². The number of thiophene rings is 1. The van der Waals surface area contributed by atoms with Gasteiger partial charge >= 0.3 is 0 Å². The van der Waals surface area contributed by atoms with E-state index in [9.17, 15) is 9.90 Å². The topological polar surface area (TPSA) is 49.3 Å². The van der Waals surface area contributed by atoms with Crippen molar-refractivity contribution in [2.24, 2.45) is 5.92 Å². The van der Waals surface area contributed by atoms with Crippen LogP contribution in [-0.2, 0) is 4.79 Å². The number of carbonyl (C=O) groups excluding carboxylic acids is 1. The summed E-state index contributed by atoms with van der Waals surface area (Å²) >= 11 is 3.19. The van der Waals surface area contributed by atoms with E-state index in [0.717, 1.165) is 23.5 Å². The average Bonchev–Trinajstić information content (AvgIpc) is 2.87. The van der Waals surface area contributed by atoms with E-state index in [1.807, 2.05) is 17.5 Å². The molecule has 1 fully saturated rings. The molecule has 2 rings (SSSR count). The third-order valence-corrected chi connectivity index (χ3v) is 5.65. The normalized spacial score (nSPS) is 27.2. The highest BCUT2D eigenvalue weighted by Gasteiger charge is 2.32. The van der Waals surface area contributed by atoms with Crippen LogP contribution in [0.2, 0.25) is 0 Å². The third kappa shape index (κ3) is 4.82. The van der Waals surface area contributed by atoms with Crippen LogP contribution in [-0.4, -0.2) is 28.9 Å². The van der Waals surface area contributed by atoms with Gasteiger partial charge in [-0.1, -0.05) is 25.8 Å². The minimum absolute atomic E-state index is 0.00468. The number of thioether (sulfide) groups is 1. The molecule has 0 aromatic carbocycles. The van der Waals surface area contributed by atoms with E-state index in [-0.39, 0.29) is 5.91 Å². The highest BCUT2D eigenvalue weighted by atomic mass is 32.2. The van der Waals surface area contributed by atoms with Gasteiger partial charge in [-0.05, 0) is 30.2 Å². The molecule has 1 aliphatic rings. The molecule has 1 saturated carbocycles. The van der Waals surface area contributed by atoms with Gasteiger partial charge in [0.05, 0.1) is 15.6 Å². The lowest BCUT2D eigenvalue weighted by atomic mass is 9.79. The quantitative estimate of drug-likeness (QED) is 0.822. The monoisotopic (exact) mass is 299 g/mol. The number of hydrogen-bond acceptors (Lipinski definition) is 4. The number of hydrogen-bond donors (Lipinski definition) is 2. The van der Waals surface area contributed by atoms with Crippen LogP contribution in [0, 0.1) is 5.92 Å². The van der Waals surface area contributed by atoms with Crippen molar-refractivity contribution in [2.75, 3.05) is 12.3 Å². The summed E-state index contributed by atoms with van der Waals surface area (Å²) in [6.07, 6.45) is 3.84. The molecule has 0 aliphatic heterocycles. The first-order valence-electron chi connectivity index (χ1n) is 6.73. The Bertz CT molecular complexity index is 408. The molecular weight excluding hydrogens is 278 g/mol. The molecule has 0 spiro atoms. The maximum atomic E-state index is 11.8. The van der Waals surface area contributed by atoms with E-state index in [1.165, 1.54) is 6.42 Å². The van der Waals surface area contributed by atoms with Crippen LogP contribution in [0.4, 0.5) is 0 Å². The smallest absolute Gasteiger partial charge is 0.230 e. The van der Waals surface area contributed by atoms with Crippen LogP contribution in [0.3, 0.4) is 0 Å². The van der Waals surface area contributed by atoms with Crippen LogP contribution < -0.4 is 5.32 Å². The Morgan fingerprint density at radius 2 is 2.53 bits per heavy atom. The lowest BCUT2D eigenvalue weighted by Gasteiger charge is -2.35. The first-order valence-corrected chi connectivity index (χ1v) is 8.59. The van der Waals surface area contributed by atoms with Crippen molar-refractivity contribution in [3.8, 4) is 0 Å². The Balaban J connectivity index is 1.70. The summed E-state index contributed by atoms with van der Waals surface area (Å²) in [6.45, 7) is 2.56. The fraction of sp³-hybridized carbons (Fsp3) is 0.643. The van der Waals surface area contributed by atoms with Crippen LogP contribution in [0.15, 0.2) is 21.7 Å². The molecule has 2 unspecified atom stereocenters. The van der Waals surface area contributed by atoms with Gasteiger partial charge in [0, 0.05) is 6.54 Å². The van der Waals surface area contributed by atoms with Crippen LogP contribution in [0.25, 0.3) is 0 Å². The summed E-state index contributed by atoms with van der Waals surface area (Å²) in [4.78, 5) is 11.8. The van der Waals surface area contributed by atoms with Crippen molar-refractivity contribution in [3.63, 3.8) is 0 Å². The predicted octanol–water partition coefficient (Wildman–Crippen LogP) is 2.90. The van der Waals surface area contributed by atoms with Gasteiger partial charge in [0.25, 0.3) is 0 Å². The summed E-state index contributed by atoms with van der Waals surface area (Å²) < 4.78 is 1.15. The van der Waals surface area contributed by atoms with E-state index in [0.29, 0.717) is 18.2 Å². The Morgan fingerprint density at radius 1 is 1.68 bits per heavy atom. The molecule has 3 nitrogen and oxygen atoms in total. The van der Waals surface area contributed by atoms with Gasteiger partial charge in [-0.3, -0.25) is 4.79 Å².